The quantitative estimate of drug-likeness (QED) is 0.121. The number of hydrogen-bond acceptors (Lipinski definition) is 4. The first-order chi connectivity index (χ1) is 21.2. The number of para-hydroxylation sites is 1. The summed E-state index contributed by atoms with van der Waals surface area (Å²) in [5.41, 5.74) is 5.13. The molecule has 0 aliphatic heterocycles. The van der Waals surface area contributed by atoms with Crippen LogP contribution < -0.4 is 10.1 Å². The van der Waals surface area contributed by atoms with E-state index < -0.39 is 53.1 Å². The Kier molecular flexibility index (Phi) is 7.54. The fourth-order valence-electron chi connectivity index (χ4n) is 5.60. The minimum Gasteiger partial charge on any atom is -0.449 e. The van der Waals surface area contributed by atoms with Gasteiger partial charge in [0.2, 0.25) is 34.8 Å². The smallest absolute Gasteiger partial charge is 0.424 e. The van der Waals surface area contributed by atoms with Crippen molar-refractivity contribution in [1.82, 2.24) is 9.88 Å². The van der Waals surface area contributed by atoms with Gasteiger partial charge in [-0.1, -0.05) is 66.7 Å². The summed E-state index contributed by atoms with van der Waals surface area (Å²) in [7, 11) is 0. The molecule has 6 rings (SSSR count). The molecule has 1 atom stereocenters. The lowest BCUT2D eigenvalue weighted by Crippen LogP contribution is -2.35. The Morgan fingerprint density at radius 3 is 1.98 bits per heavy atom. The monoisotopic (exact) mass is 606 g/mol. The van der Waals surface area contributed by atoms with Gasteiger partial charge in [-0.05, 0) is 47.2 Å². The van der Waals surface area contributed by atoms with Gasteiger partial charge in [0.05, 0.1) is 5.52 Å². The molecular weight excluding hydrogens is 583 g/mol. The van der Waals surface area contributed by atoms with Crippen molar-refractivity contribution in [1.29, 1.82) is 0 Å². The summed E-state index contributed by atoms with van der Waals surface area (Å²) in [5, 5.41) is 3.32. The molecule has 1 amide bonds. The molecule has 0 spiro atoms. The predicted octanol–water partition coefficient (Wildman–Crippen LogP) is 7.85. The predicted molar refractivity (Wildman–Crippen MR) is 151 cm³/mol. The summed E-state index contributed by atoms with van der Waals surface area (Å²) >= 11 is 0. The van der Waals surface area contributed by atoms with E-state index in [9.17, 15) is 31.5 Å². The van der Waals surface area contributed by atoms with Crippen molar-refractivity contribution in [3.8, 4) is 16.9 Å². The molecule has 1 aliphatic rings. The maximum Gasteiger partial charge on any atom is 0.424 e. The molecule has 1 aromatic heterocycles. The molecule has 224 valence electrons. The van der Waals surface area contributed by atoms with Gasteiger partial charge in [-0.3, -0.25) is 4.57 Å². The molecule has 1 N–H and O–H groups in total. The number of alkyl carbamates (subject to hydrolysis) is 1. The second kappa shape index (κ2) is 11.5. The number of nitrogens with one attached hydrogen (secondary N) is 1. The highest BCUT2D eigenvalue weighted by molar-refractivity contribution is 5.92. The van der Waals surface area contributed by atoms with Crippen LogP contribution >= 0.6 is 0 Å². The van der Waals surface area contributed by atoms with Crippen molar-refractivity contribution in [2.75, 3.05) is 6.61 Å². The van der Waals surface area contributed by atoms with E-state index in [-0.39, 0.29) is 24.5 Å². The fourth-order valence-corrected chi connectivity index (χ4v) is 5.60. The number of hydrogen-bond donors (Lipinski definition) is 1. The van der Waals surface area contributed by atoms with Gasteiger partial charge < -0.3 is 14.8 Å². The summed E-state index contributed by atoms with van der Waals surface area (Å²) in [5.74, 6) is -13.2. The molecule has 0 saturated heterocycles. The Hall–Kier alpha value is -5.19. The number of fused-ring (bicyclic) bond motifs is 4. The standard InChI is InChI=1S/C33H23F5N2O4/c1-17(39-32(41)43-16-24-22-11-4-2-9-20(22)21-10-3-5-12-23(21)24)14-18-15-40(25-13-7-6-8-19(18)25)33(42)44-31-29(37)27(35)26(34)28(36)30(31)38/h2-13,15,17,24H,14,16H2,1H3,(H,39,41)/t17-/m1/s1. The highest BCUT2D eigenvalue weighted by atomic mass is 19.2. The summed E-state index contributed by atoms with van der Waals surface area (Å²) < 4.78 is 80.1. The normalized spacial score (nSPS) is 13.0. The van der Waals surface area contributed by atoms with Crippen LogP contribution in [0.2, 0.25) is 0 Å². The summed E-state index contributed by atoms with van der Waals surface area (Å²) in [4.78, 5) is 25.7. The van der Waals surface area contributed by atoms with E-state index in [0.717, 1.165) is 26.8 Å². The number of carbonyl (C=O) groups is 2. The van der Waals surface area contributed by atoms with Crippen molar-refractivity contribution < 1.29 is 41.0 Å². The Morgan fingerprint density at radius 1 is 0.795 bits per heavy atom. The molecule has 0 radical (unpaired) electrons. The lowest BCUT2D eigenvalue weighted by atomic mass is 9.98. The molecule has 0 saturated carbocycles. The van der Waals surface area contributed by atoms with Crippen LogP contribution in [0.15, 0.2) is 79.0 Å². The fraction of sp³-hybridized carbons (Fsp3) is 0.152. The molecule has 5 aromatic rings. The van der Waals surface area contributed by atoms with Crippen LogP contribution in [0.3, 0.4) is 0 Å². The van der Waals surface area contributed by atoms with Gasteiger partial charge in [0.1, 0.15) is 6.61 Å². The first kappa shape index (κ1) is 28.9. The third kappa shape index (κ3) is 5.04. The Labute approximate surface area is 247 Å². The van der Waals surface area contributed by atoms with E-state index in [1.165, 1.54) is 12.3 Å². The number of amides is 1. The molecule has 11 heteroatoms. The SMILES string of the molecule is C[C@H](Cc1cn(C(=O)Oc2c(F)c(F)c(F)c(F)c2F)c2ccccc12)NC(=O)OCC1c2ccccc2-c2ccccc21. The van der Waals surface area contributed by atoms with E-state index in [4.69, 9.17) is 4.74 Å². The average molecular weight is 607 g/mol. The number of benzene rings is 4. The Morgan fingerprint density at radius 2 is 1.34 bits per heavy atom. The van der Waals surface area contributed by atoms with Crippen molar-refractivity contribution in [3.05, 3.63) is 125 Å². The van der Waals surface area contributed by atoms with E-state index in [1.54, 1.807) is 25.1 Å². The number of halogens is 5. The van der Waals surface area contributed by atoms with Crippen molar-refractivity contribution in [3.63, 3.8) is 0 Å². The third-order valence-electron chi connectivity index (χ3n) is 7.58. The molecule has 4 aromatic carbocycles. The average Bonchev–Trinajstić information content (AvgIpc) is 3.55. The first-order valence-corrected chi connectivity index (χ1v) is 13.6. The molecular formula is C33H23F5N2O4. The van der Waals surface area contributed by atoms with E-state index >= 15 is 0 Å². The molecule has 6 nitrogen and oxygen atoms in total. The first-order valence-electron chi connectivity index (χ1n) is 13.6. The van der Waals surface area contributed by atoms with Gasteiger partial charge in [0.25, 0.3) is 0 Å². The van der Waals surface area contributed by atoms with Gasteiger partial charge in [-0.15, -0.1) is 0 Å². The maximum atomic E-state index is 14.1. The molecule has 0 unspecified atom stereocenters. The molecule has 1 heterocycles. The van der Waals surface area contributed by atoms with E-state index in [2.05, 4.69) is 10.1 Å². The lowest BCUT2D eigenvalue weighted by molar-refractivity contribution is 0.139. The zero-order valence-corrected chi connectivity index (χ0v) is 23.0. The van der Waals surface area contributed by atoms with Gasteiger partial charge in [0, 0.05) is 23.5 Å². The highest BCUT2D eigenvalue weighted by Gasteiger charge is 2.31. The third-order valence-corrected chi connectivity index (χ3v) is 7.58. The number of aromatic nitrogens is 1. The topological polar surface area (TPSA) is 69.6 Å². The van der Waals surface area contributed by atoms with Gasteiger partial charge in [-0.2, -0.15) is 8.78 Å². The number of carbonyl (C=O) groups excluding carboxylic acids is 2. The van der Waals surface area contributed by atoms with Gasteiger partial charge in [0.15, 0.2) is 0 Å². The second-order valence-corrected chi connectivity index (χ2v) is 10.4. The van der Waals surface area contributed by atoms with Crippen molar-refractivity contribution in [2.24, 2.45) is 0 Å². The van der Waals surface area contributed by atoms with Crippen LogP contribution in [0.5, 0.6) is 5.75 Å². The van der Waals surface area contributed by atoms with Crippen LogP contribution in [0.4, 0.5) is 31.5 Å². The van der Waals surface area contributed by atoms with Gasteiger partial charge in [-0.25, -0.2) is 22.8 Å². The lowest BCUT2D eigenvalue weighted by Gasteiger charge is -2.17. The summed E-state index contributed by atoms with van der Waals surface area (Å²) in [6, 6.07) is 21.9. The largest absolute Gasteiger partial charge is 0.449 e. The molecule has 1 aliphatic carbocycles. The second-order valence-electron chi connectivity index (χ2n) is 10.4. The molecule has 0 bridgehead atoms. The minimum atomic E-state index is -2.37. The zero-order chi connectivity index (χ0) is 31.1. The summed E-state index contributed by atoms with van der Waals surface area (Å²) in [6.45, 7) is 1.84. The highest BCUT2D eigenvalue weighted by Crippen LogP contribution is 2.44. The number of rotatable bonds is 6. The Balaban J connectivity index is 1.15. The number of ether oxygens (including phenoxy) is 2. The van der Waals surface area contributed by atoms with Gasteiger partial charge >= 0.3 is 12.2 Å². The van der Waals surface area contributed by atoms with Crippen molar-refractivity contribution >= 4 is 23.1 Å². The maximum absolute atomic E-state index is 14.1. The zero-order valence-electron chi connectivity index (χ0n) is 23.0. The van der Waals surface area contributed by atoms with Crippen LogP contribution in [-0.4, -0.2) is 29.4 Å². The molecule has 0 fully saturated rings. The van der Waals surface area contributed by atoms with E-state index in [0.29, 0.717) is 10.9 Å². The van der Waals surface area contributed by atoms with Crippen molar-refractivity contribution in [2.45, 2.75) is 25.3 Å². The number of nitrogens with zero attached hydrogens (tertiary/aromatic N) is 1. The summed E-state index contributed by atoms with van der Waals surface area (Å²) in [6.07, 6.45) is -0.524. The minimum absolute atomic E-state index is 0.120. The Bertz CT molecular complexity index is 1860. The molecule has 44 heavy (non-hydrogen) atoms. The van der Waals surface area contributed by atoms with Crippen LogP contribution in [0.1, 0.15) is 29.5 Å². The van der Waals surface area contributed by atoms with Crippen LogP contribution in [0.25, 0.3) is 22.0 Å². The van der Waals surface area contributed by atoms with E-state index in [1.807, 2.05) is 48.5 Å². The van der Waals surface area contributed by atoms with Crippen LogP contribution in [-0.2, 0) is 11.2 Å². The van der Waals surface area contributed by atoms with Crippen LogP contribution in [0, 0.1) is 29.1 Å².